The maximum Gasteiger partial charge on any atom is 0.244 e. The van der Waals surface area contributed by atoms with Crippen LogP contribution in [0.1, 0.15) is 28.6 Å². The van der Waals surface area contributed by atoms with Crippen LogP contribution in [0, 0.1) is 13.8 Å². The molecule has 0 fully saturated rings. The van der Waals surface area contributed by atoms with Crippen molar-refractivity contribution < 1.29 is 4.79 Å². The van der Waals surface area contributed by atoms with E-state index in [0.29, 0.717) is 6.54 Å². The molecule has 0 radical (unpaired) electrons. The number of nitrogens with one attached hydrogen (secondary N) is 1. The fraction of sp³-hybridized carbons (Fsp3) is 0.200. The predicted octanol–water partition coefficient (Wildman–Crippen LogP) is 3.19. The van der Waals surface area contributed by atoms with Crippen LogP contribution < -0.4 is 11.1 Å². The fourth-order valence-electron chi connectivity index (χ4n) is 2.90. The first-order chi connectivity index (χ1) is 12.0. The van der Waals surface area contributed by atoms with Gasteiger partial charge in [-0.25, -0.2) is 0 Å². The quantitative estimate of drug-likeness (QED) is 0.727. The maximum atomic E-state index is 11.9. The van der Waals surface area contributed by atoms with Crippen molar-refractivity contribution in [3.8, 4) is 0 Å². The number of rotatable bonds is 6. The lowest BCUT2D eigenvalue weighted by atomic mass is 10.1. The van der Waals surface area contributed by atoms with Crippen LogP contribution in [0.2, 0.25) is 0 Å². The molecule has 25 heavy (non-hydrogen) atoms. The van der Waals surface area contributed by atoms with Crippen molar-refractivity contribution in [3.05, 3.63) is 83.2 Å². The van der Waals surface area contributed by atoms with E-state index in [0.717, 1.165) is 28.2 Å². The third-order valence-corrected chi connectivity index (χ3v) is 4.09. The number of carbonyl (C=O) groups excluding carboxylic acids is 1. The van der Waals surface area contributed by atoms with Gasteiger partial charge in [0.25, 0.3) is 0 Å². The number of hydrogen-bond acceptors (Lipinski definition) is 3. The Hall–Kier alpha value is -3.08. The first-order valence-electron chi connectivity index (χ1n) is 8.24. The molecule has 128 valence electrons. The molecule has 1 aromatic heterocycles. The Morgan fingerprint density at radius 2 is 1.88 bits per heavy atom. The molecule has 0 aliphatic heterocycles. The van der Waals surface area contributed by atoms with E-state index in [1.807, 2.05) is 73.1 Å². The van der Waals surface area contributed by atoms with Crippen LogP contribution >= 0.6 is 0 Å². The van der Waals surface area contributed by atoms with Crippen molar-refractivity contribution >= 4 is 11.6 Å². The third kappa shape index (κ3) is 4.07. The van der Waals surface area contributed by atoms with E-state index in [1.54, 1.807) is 0 Å². The van der Waals surface area contributed by atoms with Gasteiger partial charge in [-0.15, -0.1) is 0 Å². The Bertz CT molecular complexity index is 870. The second-order valence-electron chi connectivity index (χ2n) is 6.18. The lowest BCUT2D eigenvalue weighted by Gasteiger charge is -2.18. The van der Waals surface area contributed by atoms with Crippen LogP contribution in [0.25, 0.3) is 0 Å². The Balaban J connectivity index is 1.81. The Morgan fingerprint density at radius 1 is 1.12 bits per heavy atom. The summed E-state index contributed by atoms with van der Waals surface area (Å²) in [5, 5.41) is 7.73. The Morgan fingerprint density at radius 3 is 2.52 bits per heavy atom. The van der Waals surface area contributed by atoms with Crippen LogP contribution in [0.3, 0.4) is 0 Å². The summed E-state index contributed by atoms with van der Waals surface area (Å²) in [6.45, 7) is 4.71. The number of primary amides is 1. The summed E-state index contributed by atoms with van der Waals surface area (Å²) in [5.74, 6) is -0.407. The van der Waals surface area contributed by atoms with Gasteiger partial charge in [0.05, 0.1) is 12.2 Å². The molecule has 2 aromatic carbocycles. The van der Waals surface area contributed by atoms with E-state index >= 15 is 0 Å². The predicted molar refractivity (Wildman–Crippen MR) is 99.2 cm³/mol. The standard InChI is InChI=1S/C20H22N4O/c1-14-11-15(2)24(23-14)13-16-7-6-10-18(12-16)22-19(20(21)25)17-8-4-3-5-9-17/h3-12,19,22H,13H2,1-2H3,(H2,21,25)/t19-/m0/s1. The van der Waals surface area contributed by atoms with Crippen molar-refractivity contribution in [2.24, 2.45) is 5.73 Å². The summed E-state index contributed by atoms with van der Waals surface area (Å²) in [5.41, 5.74) is 10.5. The number of hydrogen-bond donors (Lipinski definition) is 2. The minimum absolute atomic E-state index is 0.407. The zero-order valence-corrected chi connectivity index (χ0v) is 14.4. The lowest BCUT2D eigenvalue weighted by molar-refractivity contribution is -0.118. The molecule has 3 aromatic rings. The molecule has 3 N–H and O–H groups in total. The van der Waals surface area contributed by atoms with Crippen molar-refractivity contribution in [2.75, 3.05) is 5.32 Å². The molecule has 0 saturated carbocycles. The lowest BCUT2D eigenvalue weighted by Crippen LogP contribution is -2.27. The van der Waals surface area contributed by atoms with Crippen LogP contribution in [-0.2, 0) is 11.3 Å². The molecule has 0 aliphatic carbocycles. The SMILES string of the molecule is Cc1cc(C)n(Cc2cccc(N[C@H](C(N)=O)c3ccccc3)c2)n1. The highest BCUT2D eigenvalue weighted by Gasteiger charge is 2.17. The van der Waals surface area contributed by atoms with Crippen LogP contribution in [0.4, 0.5) is 5.69 Å². The molecule has 1 atom stereocenters. The zero-order chi connectivity index (χ0) is 17.8. The highest BCUT2D eigenvalue weighted by molar-refractivity contribution is 5.84. The number of aromatic nitrogens is 2. The molecule has 0 bridgehead atoms. The minimum Gasteiger partial charge on any atom is -0.370 e. The van der Waals surface area contributed by atoms with Gasteiger partial charge in [0.15, 0.2) is 0 Å². The second-order valence-corrected chi connectivity index (χ2v) is 6.18. The van der Waals surface area contributed by atoms with Crippen LogP contribution in [0.15, 0.2) is 60.7 Å². The highest BCUT2D eigenvalue weighted by atomic mass is 16.1. The molecule has 0 spiro atoms. The van der Waals surface area contributed by atoms with Gasteiger partial charge in [-0.3, -0.25) is 9.48 Å². The number of carbonyl (C=O) groups is 1. The number of nitrogens with zero attached hydrogens (tertiary/aromatic N) is 2. The van der Waals surface area contributed by atoms with Crippen molar-refractivity contribution in [3.63, 3.8) is 0 Å². The maximum absolute atomic E-state index is 11.9. The van der Waals surface area contributed by atoms with E-state index < -0.39 is 11.9 Å². The summed E-state index contributed by atoms with van der Waals surface area (Å²) in [6.07, 6.45) is 0. The molecule has 0 unspecified atom stereocenters. The van der Waals surface area contributed by atoms with Crippen molar-refractivity contribution in [2.45, 2.75) is 26.4 Å². The fourth-order valence-corrected chi connectivity index (χ4v) is 2.90. The smallest absolute Gasteiger partial charge is 0.244 e. The molecule has 0 saturated heterocycles. The normalized spacial score (nSPS) is 11.9. The highest BCUT2D eigenvalue weighted by Crippen LogP contribution is 2.21. The molecular formula is C20H22N4O. The summed E-state index contributed by atoms with van der Waals surface area (Å²) >= 11 is 0. The molecular weight excluding hydrogens is 312 g/mol. The van der Waals surface area contributed by atoms with Gasteiger partial charge >= 0.3 is 0 Å². The third-order valence-electron chi connectivity index (χ3n) is 4.09. The van der Waals surface area contributed by atoms with Gasteiger partial charge in [0.2, 0.25) is 5.91 Å². The Kier molecular flexibility index (Phi) is 4.84. The number of benzene rings is 2. The van der Waals surface area contributed by atoms with E-state index in [9.17, 15) is 4.79 Å². The summed E-state index contributed by atoms with van der Waals surface area (Å²) < 4.78 is 1.97. The second kappa shape index (κ2) is 7.21. The largest absolute Gasteiger partial charge is 0.370 e. The van der Waals surface area contributed by atoms with Crippen LogP contribution in [0.5, 0.6) is 0 Å². The molecule has 3 rings (SSSR count). The molecule has 1 heterocycles. The monoisotopic (exact) mass is 334 g/mol. The van der Waals surface area contributed by atoms with E-state index in [-0.39, 0.29) is 0 Å². The molecule has 1 amide bonds. The average Bonchev–Trinajstić information content (AvgIpc) is 2.91. The van der Waals surface area contributed by atoms with Crippen molar-refractivity contribution in [1.29, 1.82) is 0 Å². The number of anilines is 1. The first-order valence-corrected chi connectivity index (χ1v) is 8.24. The first kappa shape index (κ1) is 16.8. The molecule has 5 nitrogen and oxygen atoms in total. The zero-order valence-electron chi connectivity index (χ0n) is 14.4. The van der Waals surface area contributed by atoms with Gasteiger partial charge < -0.3 is 11.1 Å². The Labute approximate surface area is 147 Å². The minimum atomic E-state index is -0.565. The van der Waals surface area contributed by atoms with Gasteiger partial charge in [-0.2, -0.15) is 5.10 Å². The van der Waals surface area contributed by atoms with Crippen molar-refractivity contribution in [1.82, 2.24) is 9.78 Å². The number of nitrogens with two attached hydrogens (primary N) is 1. The summed E-state index contributed by atoms with van der Waals surface area (Å²) in [6, 6.07) is 18.9. The summed E-state index contributed by atoms with van der Waals surface area (Å²) in [7, 11) is 0. The van der Waals surface area contributed by atoms with Gasteiger partial charge in [-0.1, -0.05) is 42.5 Å². The van der Waals surface area contributed by atoms with Gasteiger partial charge in [0, 0.05) is 11.4 Å². The number of aryl methyl sites for hydroxylation is 2. The average molecular weight is 334 g/mol. The number of amides is 1. The van der Waals surface area contributed by atoms with E-state index in [2.05, 4.69) is 16.5 Å². The molecule has 5 heteroatoms. The topological polar surface area (TPSA) is 72.9 Å². The molecule has 0 aliphatic rings. The summed E-state index contributed by atoms with van der Waals surface area (Å²) in [4.78, 5) is 11.9. The van der Waals surface area contributed by atoms with Gasteiger partial charge in [-0.05, 0) is 43.2 Å². The van der Waals surface area contributed by atoms with E-state index in [4.69, 9.17) is 5.73 Å². The van der Waals surface area contributed by atoms with E-state index in [1.165, 1.54) is 0 Å². The van der Waals surface area contributed by atoms with Crippen LogP contribution in [-0.4, -0.2) is 15.7 Å². The van der Waals surface area contributed by atoms with Gasteiger partial charge in [0.1, 0.15) is 6.04 Å².